The van der Waals surface area contributed by atoms with Crippen LogP contribution in [0, 0.1) is 5.92 Å². The third kappa shape index (κ3) is 4.93. The number of quaternary nitrogens is 1. The Hall–Kier alpha value is -1.14. The largest absolute Gasteiger partial charge is 0.550 e. The monoisotopic (exact) mass is 342 g/mol. The first-order chi connectivity index (χ1) is 11.3. The standard InChI is InChI=1S/C18H32NO5/c1-5-22-16(20)14-8-10-15(11-9-14)24-19(12-6-7-13-19)17(21)23-18(2,3)4/h14-15H,5-13H2,1-4H3/q+1/t14-,15-. The molecule has 0 aromatic carbocycles. The third-order valence-corrected chi connectivity index (χ3v) is 4.66. The van der Waals surface area contributed by atoms with Crippen molar-refractivity contribution in [1.29, 1.82) is 0 Å². The van der Waals surface area contributed by atoms with Gasteiger partial charge in [0, 0.05) is 12.8 Å². The molecule has 1 saturated heterocycles. The Bertz CT molecular complexity index is 443. The van der Waals surface area contributed by atoms with E-state index in [2.05, 4.69) is 0 Å². The molecule has 1 heterocycles. The first-order valence-electron chi connectivity index (χ1n) is 9.21. The second kappa shape index (κ2) is 7.83. The molecule has 0 aromatic heterocycles. The van der Waals surface area contributed by atoms with Gasteiger partial charge in [0.1, 0.15) is 24.8 Å². The molecule has 24 heavy (non-hydrogen) atoms. The zero-order valence-corrected chi connectivity index (χ0v) is 15.5. The number of rotatable bonds is 4. The summed E-state index contributed by atoms with van der Waals surface area (Å²) in [6.45, 7) is 9.23. The van der Waals surface area contributed by atoms with Gasteiger partial charge in [0.2, 0.25) is 0 Å². The molecule has 1 aliphatic heterocycles. The second-order valence-corrected chi connectivity index (χ2v) is 7.86. The van der Waals surface area contributed by atoms with Gasteiger partial charge >= 0.3 is 12.1 Å². The highest BCUT2D eigenvalue weighted by atomic mass is 16.8. The first kappa shape index (κ1) is 19.2. The van der Waals surface area contributed by atoms with Crippen LogP contribution in [0.4, 0.5) is 4.79 Å². The molecular formula is C18H32NO5+. The van der Waals surface area contributed by atoms with Crippen LogP contribution < -0.4 is 0 Å². The lowest BCUT2D eigenvalue weighted by atomic mass is 9.87. The van der Waals surface area contributed by atoms with Crippen LogP contribution in [-0.4, -0.2) is 48.1 Å². The Morgan fingerprint density at radius 3 is 2.12 bits per heavy atom. The summed E-state index contributed by atoms with van der Waals surface area (Å²) in [4.78, 5) is 30.7. The molecule has 6 heteroatoms. The number of hydrogen-bond acceptors (Lipinski definition) is 5. The molecule has 0 radical (unpaired) electrons. The number of ether oxygens (including phenoxy) is 2. The molecule has 2 aliphatic rings. The number of likely N-dealkylation sites (tertiary alicyclic amines) is 1. The van der Waals surface area contributed by atoms with Crippen molar-refractivity contribution in [2.24, 2.45) is 5.92 Å². The summed E-state index contributed by atoms with van der Waals surface area (Å²) >= 11 is 0. The molecule has 138 valence electrons. The van der Waals surface area contributed by atoms with Gasteiger partial charge < -0.3 is 9.47 Å². The van der Waals surface area contributed by atoms with E-state index in [0.29, 0.717) is 19.7 Å². The lowest BCUT2D eigenvalue weighted by molar-refractivity contribution is -1.04. The summed E-state index contributed by atoms with van der Waals surface area (Å²) in [7, 11) is 0. The number of amides is 1. The fourth-order valence-corrected chi connectivity index (χ4v) is 3.47. The predicted molar refractivity (Wildman–Crippen MR) is 88.9 cm³/mol. The van der Waals surface area contributed by atoms with Gasteiger partial charge in [0.15, 0.2) is 0 Å². The van der Waals surface area contributed by atoms with E-state index in [0.717, 1.165) is 38.5 Å². The van der Waals surface area contributed by atoms with E-state index in [-0.39, 0.29) is 28.7 Å². The van der Waals surface area contributed by atoms with Crippen LogP contribution in [-0.2, 0) is 19.1 Å². The van der Waals surface area contributed by atoms with Crippen LogP contribution in [0.1, 0.15) is 66.2 Å². The molecule has 6 nitrogen and oxygen atoms in total. The molecule has 1 amide bonds. The Labute approximate surface area is 145 Å². The van der Waals surface area contributed by atoms with Crippen LogP contribution >= 0.6 is 0 Å². The van der Waals surface area contributed by atoms with Gasteiger partial charge in [-0.2, -0.15) is 9.63 Å². The summed E-state index contributed by atoms with van der Waals surface area (Å²) in [6, 6.07) is 0. The minimum atomic E-state index is -0.518. The van der Waals surface area contributed by atoms with Crippen molar-refractivity contribution >= 4 is 12.1 Å². The van der Waals surface area contributed by atoms with Gasteiger partial charge in [-0.25, -0.2) is 0 Å². The van der Waals surface area contributed by atoms with Crippen molar-refractivity contribution in [3.8, 4) is 0 Å². The minimum absolute atomic E-state index is 0.00120. The van der Waals surface area contributed by atoms with E-state index >= 15 is 0 Å². The summed E-state index contributed by atoms with van der Waals surface area (Å²) in [5.74, 6) is -0.133. The average molecular weight is 342 g/mol. The smallest absolute Gasteiger partial charge is 0.466 e. The minimum Gasteiger partial charge on any atom is -0.466 e. The highest BCUT2D eigenvalue weighted by molar-refractivity contribution is 5.72. The Kier molecular flexibility index (Phi) is 6.26. The highest BCUT2D eigenvalue weighted by Crippen LogP contribution is 2.32. The van der Waals surface area contributed by atoms with Gasteiger partial charge in [-0.3, -0.25) is 4.79 Å². The van der Waals surface area contributed by atoms with Crippen LogP contribution in [0.3, 0.4) is 0 Å². The van der Waals surface area contributed by atoms with Crippen LogP contribution in [0.5, 0.6) is 0 Å². The molecule has 0 spiro atoms. The summed E-state index contributed by atoms with van der Waals surface area (Å²) in [6.07, 6.45) is 4.75. The van der Waals surface area contributed by atoms with Crippen LogP contribution in [0.15, 0.2) is 0 Å². The molecule has 0 unspecified atom stereocenters. The highest BCUT2D eigenvalue weighted by Gasteiger charge is 2.48. The lowest BCUT2D eigenvalue weighted by Crippen LogP contribution is -2.54. The molecule has 0 N–H and O–H groups in total. The number of carbonyl (C=O) groups excluding carboxylic acids is 2. The fraction of sp³-hybridized carbons (Fsp3) is 0.889. The van der Waals surface area contributed by atoms with Crippen molar-refractivity contribution in [3.05, 3.63) is 0 Å². The van der Waals surface area contributed by atoms with E-state index in [9.17, 15) is 9.59 Å². The summed E-state index contributed by atoms with van der Waals surface area (Å²) < 4.78 is 10.7. The van der Waals surface area contributed by atoms with Crippen LogP contribution in [0.25, 0.3) is 0 Å². The summed E-state index contributed by atoms with van der Waals surface area (Å²) in [5, 5.41) is 0. The third-order valence-electron chi connectivity index (χ3n) is 4.66. The zero-order valence-electron chi connectivity index (χ0n) is 15.5. The molecule has 2 fully saturated rings. The number of nitrogens with zero attached hydrogens (tertiary/aromatic N) is 1. The fourth-order valence-electron chi connectivity index (χ4n) is 3.47. The molecule has 1 aliphatic carbocycles. The maximum absolute atomic E-state index is 12.7. The van der Waals surface area contributed by atoms with Crippen molar-refractivity contribution in [3.63, 3.8) is 0 Å². The van der Waals surface area contributed by atoms with E-state index in [1.807, 2.05) is 27.7 Å². The van der Waals surface area contributed by atoms with Crippen molar-refractivity contribution in [2.75, 3.05) is 19.7 Å². The van der Waals surface area contributed by atoms with E-state index in [4.69, 9.17) is 14.3 Å². The number of hydrogen-bond donors (Lipinski definition) is 0. The number of esters is 1. The van der Waals surface area contributed by atoms with Crippen molar-refractivity contribution in [2.45, 2.75) is 77.9 Å². The maximum Gasteiger partial charge on any atom is 0.550 e. The molecule has 2 rings (SSSR count). The Morgan fingerprint density at radius 1 is 1.04 bits per heavy atom. The van der Waals surface area contributed by atoms with Gasteiger partial charge in [-0.15, -0.1) is 0 Å². The van der Waals surface area contributed by atoms with E-state index in [1.54, 1.807) is 0 Å². The molecular weight excluding hydrogens is 310 g/mol. The zero-order chi connectivity index (χ0) is 17.8. The number of hydroxylamine groups is 3. The lowest BCUT2D eigenvalue weighted by Gasteiger charge is -2.35. The van der Waals surface area contributed by atoms with Gasteiger partial charge in [0.25, 0.3) is 0 Å². The van der Waals surface area contributed by atoms with Crippen molar-refractivity contribution in [1.82, 2.24) is 0 Å². The quantitative estimate of drug-likeness (QED) is 0.577. The molecule has 1 saturated carbocycles. The maximum atomic E-state index is 12.7. The van der Waals surface area contributed by atoms with E-state index in [1.165, 1.54) is 0 Å². The van der Waals surface area contributed by atoms with Gasteiger partial charge in [-0.1, -0.05) is 4.65 Å². The average Bonchev–Trinajstić information content (AvgIpc) is 2.96. The first-order valence-corrected chi connectivity index (χ1v) is 9.21. The van der Waals surface area contributed by atoms with Gasteiger partial charge in [0.05, 0.1) is 12.5 Å². The van der Waals surface area contributed by atoms with Crippen molar-refractivity contribution < 1.29 is 28.5 Å². The molecule has 0 atom stereocenters. The van der Waals surface area contributed by atoms with Crippen LogP contribution in [0.2, 0.25) is 0 Å². The number of carbonyl (C=O) groups is 2. The predicted octanol–water partition coefficient (Wildman–Crippen LogP) is 3.59. The normalized spacial score (nSPS) is 26.8. The van der Waals surface area contributed by atoms with Gasteiger partial charge in [-0.05, 0) is 53.4 Å². The topological polar surface area (TPSA) is 61.8 Å². The second-order valence-electron chi connectivity index (χ2n) is 7.86. The summed E-state index contributed by atoms with van der Waals surface area (Å²) in [5.41, 5.74) is -0.518. The Balaban J connectivity index is 1.93. The Morgan fingerprint density at radius 2 is 1.62 bits per heavy atom. The molecule has 0 bridgehead atoms. The molecule has 0 aromatic rings. The SMILES string of the molecule is CCOC(=O)[C@H]1CC[C@H](O[N+]2(C(=O)OC(C)(C)C)CCCC2)CC1. The van der Waals surface area contributed by atoms with E-state index < -0.39 is 5.60 Å².